The van der Waals surface area contributed by atoms with E-state index in [0.29, 0.717) is 22.7 Å². The van der Waals surface area contributed by atoms with Crippen LogP contribution in [-0.4, -0.2) is 18.0 Å². The van der Waals surface area contributed by atoms with E-state index < -0.39 is 0 Å². The highest BCUT2D eigenvalue weighted by Gasteiger charge is 2.14. The monoisotopic (exact) mass is 350 g/mol. The summed E-state index contributed by atoms with van der Waals surface area (Å²) in [7, 11) is 1.54. The summed E-state index contributed by atoms with van der Waals surface area (Å²) in [6.07, 6.45) is 1.48. The largest absolute Gasteiger partial charge is 0.495 e. The van der Waals surface area contributed by atoms with Crippen LogP contribution in [0, 0.1) is 6.92 Å². The second-order valence-corrected chi connectivity index (χ2v) is 5.23. The molecular weight excluding hydrogens is 336 g/mol. The first-order valence-electron chi connectivity index (χ1n) is 6.13. The number of aromatic nitrogens is 1. The number of amides is 1. The molecule has 0 saturated carbocycles. The van der Waals surface area contributed by atoms with Crippen LogP contribution >= 0.6 is 15.9 Å². The minimum absolute atomic E-state index is 0.327. The highest BCUT2D eigenvalue weighted by molar-refractivity contribution is 9.10. The molecule has 110 valence electrons. The fourth-order valence-electron chi connectivity index (χ4n) is 1.83. The van der Waals surface area contributed by atoms with Gasteiger partial charge in [-0.05, 0) is 31.2 Å². The molecule has 4 N–H and O–H groups in total. The van der Waals surface area contributed by atoms with Gasteiger partial charge in [0.15, 0.2) is 0 Å². The Morgan fingerprint density at radius 2 is 2.10 bits per heavy atom. The molecule has 0 saturated heterocycles. The van der Waals surface area contributed by atoms with Gasteiger partial charge in [0.25, 0.3) is 5.91 Å². The van der Waals surface area contributed by atoms with Gasteiger partial charge >= 0.3 is 0 Å². The summed E-state index contributed by atoms with van der Waals surface area (Å²) in [4.78, 5) is 16.5. The summed E-state index contributed by atoms with van der Waals surface area (Å²) in [6.45, 7) is 1.82. The van der Waals surface area contributed by atoms with E-state index in [1.54, 1.807) is 25.3 Å². The molecule has 2 aromatic rings. The van der Waals surface area contributed by atoms with Crippen LogP contribution in [0.1, 0.15) is 16.1 Å². The zero-order chi connectivity index (χ0) is 15.4. The Bertz CT molecular complexity index is 676. The molecule has 2 rings (SSSR count). The van der Waals surface area contributed by atoms with E-state index in [1.807, 2.05) is 13.0 Å². The number of halogens is 1. The zero-order valence-electron chi connectivity index (χ0n) is 11.6. The molecule has 0 unspecified atom stereocenters. The number of benzene rings is 1. The summed E-state index contributed by atoms with van der Waals surface area (Å²) in [6, 6.07) is 7.05. The maximum atomic E-state index is 12.4. The van der Waals surface area contributed by atoms with Gasteiger partial charge in [0.05, 0.1) is 24.0 Å². The standard InChI is InChI=1S/C14H15BrN4O2/c1-8-5-11(19-16)10(7-17-8)14(20)18-12-6-9(15)3-4-13(12)21-2/h3-7H,16H2,1-2H3,(H,17,19)(H,18,20). The number of nitrogens with one attached hydrogen (secondary N) is 2. The number of carbonyl (C=O) groups is 1. The van der Waals surface area contributed by atoms with E-state index >= 15 is 0 Å². The molecule has 0 aliphatic carbocycles. The number of hydrogen-bond acceptors (Lipinski definition) is 5. The van der Waals surface area contributed by atoms with Crippen LogP contribution in [0.5, 0.6) is 5.75 Å². The van der Waals surface area contributed by atoms with E-state index in [9.17, 15) is 4.79 Å². The molecule has 0 spiro atoms. The van der Waals surface area contributed by atoms with Gasteiger partial charge in [-0.1, -0.05) is 15.9 Å². The van der Waals surface area contributed by atoms with Crippen molar-refractivity contribution in [3.63, 3.8) is 0 Å². The molecule has 0 aliphatic rings. The number of anilines is 2. The Morgan fingerprint density at radius 3 is 2.76 bits per heavy atom. The van der Waals surface area contributed by atoms with Crippen molar-refractivity contribution < 1.29 is 9.53 Å². The summed E-state index contributed by atoms with van der Waals surface area (Å²) in [5.74, 6) is 5.68. The predicted octanol–water partition coefficient (Wildman–Crippen LogP) is 2.70. The second-order valence-electron chi connectivity index (χ2n) is 4.31. The van der Waals surface area contributed by atoms with E-state index in [2.05, 4.69) is 31.7 Å². The Labute approximate surface area is 130 Å². The molecule has 6 nitrogen and oxygen atoms in total. The fraction of sp³-hybridized carbons (Fsp3) is 0.143. The van der Waals surface area contributed by atoms with Crippen LogP contribution < -0.4 is 21.3 Å². The lowest BCUT2D eigenvalue weighted by atomic mass is 10.2. The molecule has 0 atom stereocenters. The number of hydrazine groups is 1. The van der Waals surface area contributed by atoms with Crippen LogP contribution in [-0.2, 0) is 0 Å². The van der Waals surface area contributed by atoms with Crippen LogP contribution in [0.25, 0.3) is 0 Å². The average molecular weight is 351 g/mol. The first-order valence-corrected chi connectivity index (χ1v) is 6.92. The maximum Gasteiger partial charge on any atom is 0.259 e. The average Bonchev–Trinajstić information content (AvgIpc) is 2.47. The van der Waals surface area contributed by atoms with Crippen molar-refractivity contribution in [1.29, 1.82) is 0 Å². The summed E-state index contributed by atoms with van der Waals surface area (Å²) >= 11 is 3.36. The topological polar surface area (TPSA) is 89.3 Å². The van der Waals surface area contributed by atoms with Crippen LogP contribution in [0.4, 0.5) is 11.4 Å². The van der Waals surface area contributed by atoms with Gasteiger partial charge in [-0.3, -0.25) is 15.6 Å². The molecule has 0 radical (unpaired) electrons. The zero-order valence-corrected chi connectivity index (χ0v) is 13.2. The van der Waals surface area contributed by atoms with Gasteiger partial charge in [-0.15, -0.1) is 0 Å². The van der Waals surface area contributed by atoms with Crippen molar-refractivity contribution in [3.05, 3.63) is 46.2 Å². The number of carbonyl (C=O) groups excluding carboxylic acids is 1. The molecule has 1 amide bonds. The fourth-order valence-corrected chi connectivity index (χ4v) is 2.19. The van der Waals surface area contributed by atoms with Gasteiger partial charge < -0.3 is 15.5 Å². The summed E-state index contributed by atoms with van der Waals surface area (Å²) in [5.41, 5.74) is 4.68. The summed E-state index contributed by atoms with van der Waals surface area (Å²) < 4.78 is 6.05. The Kier molecular flexibility index (Phi) is 4.77. The maximum absolute atomic E-state index is 12.4. The van der Waals surface area contributed by atoms with E-state index in [4.69, 9.17) is 10.6 Å². The van der Waals surface area contributed by atoms with Gasteiger partial charge in [-0.25, -0.2) is 0 Å². The molecule has 1 aromatic heterocycles. The first kappa shape index (κ1) is 15.3. The van der Waals surface area contributed by atoms with Crippen molar-refractivity contribution >= 4 is 33.2 Å². The number of nitrogens with two attached hydrogens (primary N) is 1. The summed E-state index contributed by atoms with van der Waals surface area (Å²) in [5, 5.41) is 2.78. The van der Waals surface area contributed by atoms with Crippen molar-refractivity contribution in [3.8, 4) is 5.75 Å². The quantitative estimate of drug-likeness (QED) is 0.582. The lowest BCUT2D eigenvalue weighted by Crippen LogP contribution is -2.18. The van der Waals surface area contributed by atoms with E-state index in [-0.39, 0.29) is 5.91 Å². The predicted molar refractivity (Wildman–Crippen MR) is 85.4 cm³/mol. The number of pyridine rings is 1. The molecule has 0 bridgehead atoms. The highest BCUT2D eigenvalue weighted by atomic mass is 79.9. The number of nitrogens with zero attached hydrogens (tertiary/aromatic N) is 1. The lowest BCUT2D eigenvalue weighted by molar-refractivity contribution is 0.102. The number of aryl methyl sites for hydroxylation is 1. The molecule has 1 aromatic carbocycles. The van der Waals surface area contributed by atoms with Crippen molar-refractivity contribution in [2.24, 2.45) is 5.84 Å². The third kappa shape index (κ3) is 3.50. The number of ether oxygens (including phenoxy) is 1. The first-order chi connectivity index (χ1) is 10.0. The van der Waals surface area contributed by atoms with Crippen LogP contribution in [0.3, 0.4) is 0 Å². The van der Waals surface area contributed by atoms with Crippen LogP contribution in [0.15, 0.2) is 34.9 Å². The number of rotatable bonds is 4. The number of methoxy groups -OCH3 is 1. The third-order valence-electron chi connectivity index (χ3n) is 2.85. The molecule has 0 aliphatic heterocycles. The normalized spacial score (nSPS) is 10.1. The van der Waals surface area contributed by atoms with Gasteiger partial charge in [0, 0.05) is 16.4 Å². The van der Waals surface area contributed by atoms with Gasteiger partial charge in [0.2, 0.25) is 0 Å². The SMILES string of the molecule is COc1ccc(Br)cc1NC(=O)c1cnc(C)cc1NN. The molecule has 7 heteroatoms. The van der Waals surface area contributed by atoms with Crippen molar-refractivity contribution in [2.75, 3.05) is 17.9 Å². The Hall–Kier alpha value is -2.12. The minimum atomic E-state index is -0.327. The third-order valence-corrected chi connectivity index (χ3v) is 3.34. The van der Waals surface area contributed by atoms with Crippen LogP contribution in [0.2, 0.25) is 0 Å². The van der Waals surface area contributed by atoms with Gasteiger partial charge in [-0.2, -0.15) is 0 Å². The second kappa shape index (κ2) is 6.55. The molecule has 0 fully saturated rings. The molecular formula is C14H15BrN4O2. The highest BCUT2D eigenvalue weighted by Crippen LogP contribution is 2.28. The minimum Gasteiger partial charge on any atom is -0.495 e. The van der Waals surface area contributed by atoms with Crippen molar-refractivity contribution in [2.45, 2.75) is 6.92 Å². The van der Waals surface area contributed by atoms with Crippen molar-refractivity contribution in [1.82, 2.24) is 4.98 Å². The Balaban J connectivity index is 2.32. The molecule has 21 heavy (non-hydrogen) atoms. The van der Waals surface area contributed by atoms with E-state index in [1.165, 1.54) is 6.20 Å². The van der Waals surface area contributed by atoms with Gasteiger partial charge in [0.1, 0.15) is 5.75 Å². The smallest absolute Gasteiger partial charge is 0.259 e. The molecule has 1 heterocycles. The van der Waals surface area contributed by atoms with E-state index in [0.717, 1.165) is 10.2 Å². The number of hydrogen-bond donors (Lipinski definition) is 3. The number of nitrogen functional groups attached to an aromatic ring is 1. The lowest BCUT2D eigenvalue weighted by Gasteiger charge is -2.12. The Morgan fingerprint density at radius 1 is 1.33 bits per heavy atom.